The van der Waals surface area contributed by atoms with Crippen LogP contribution in [0, 0.1) is 20.8 Å². The maximum absolute atomic E-state index is 13.6. The number of ether oxygens (including phenoxy) is 1. The number of nitrogens with zero attached hydrogens (tertiary/aromatic N) is 2. The third kappa shape index (κ3) is 5.47. The van der Waals surface area contributed by atoms with E-state index in [-0.39, 0.29) is 17.3 Å². The van der Waals surface area contributed by atoms with Gasteiger partial charge in [-0.1, -0.05) is 64.0 Å². The van der Waals surface area contributed by atoms with E-state index in [9.17, 15) is 13.2 Å². The lowest BCUT2D eigenvalue weighted by molar-refractivity contribution is -0.114. The van der Waals surface area contributed by atoms with Crippen molar-refractivity contribution in [2.45, 2.75) is 36.9 Å². The smallest absolute Gasteiger partial charge is 0.267 e. The number of rotatable bonds is 8. The van der Waals surface area contributed by atoms with Crippen LogP contribution in [0.3, 0.4) is 0 Å². The molecule has 0 saturated heterocycles. The molecule has 0 radical (unpaired) electrons. The van der Waals surface area contributed by atoms with Crippen LogP contribution in [0.4, 0.5) is 11.4 Å². The van der Waals surface area contributed by atoms with E-state index >= 15 is 0 Å². The average molecular weight is 571 g/mol. The van der Waals surface area contributed by atoms with Crippen LogP contribution in [0.2, 0.25) is 0 Å². The molecule has 188 valence electrons. The highest BCUT2D eigenvalue weighted by molar-refractivity contribution is 9.10. The van der Waals surface area contributed by atoms with Crippen LogP contribution >= 0.6 is 15.9 Å². The number of carbonyl (C=O) groups is 1. The molecule has 0 saturated carbocycles. The van der Waals surface area contributed by atoms with E-state index < -0.39 is 20.8 Å². The summed E-state index contributed by atoms with van der Waals surface area (Å²) in [5.74, 6) is 0.470. The Labute approximate surface area is 220 Å². The van der Waals surface area contributed by atoms with Gasteiger partial charge in [0.15, 0.2) is 4.83 Å². The molecule has 0 aromatic heterocycles. The van der Waals surface area contributed by atoms with Gasteiger partial charge in [0.25, 0.3) is 10.0 Å². The van der Waals surface area contributed by atoms with Crippen molar-refractivity contribution in [3.8, 4) is 5.75 Å². The van der Waals surface area contributed by atoms with Crippen LogP contribution < -0.4 is 10.1 Å². The highest BCUT2D eigenvalue weighted by atomic mass is 79.9. The number of aryl methyl sites for hydroxylation is 3. The third-order valence-corrected chi connectivity index (χ3v) is 8.55. The SMILES string of the molecule is Cc1ccc(OCCCN2C(C(Br)C(=O)Nc3ccccc3C)=Nc3ccccc3S2(=O)=O)c(C)c1. The summed E-state index contributed by atoms with van der Waals surface area (Å²) >= 11 is 3.41. The number of amides is 1. The number of hydrogen-bond donors (Lipinski definition) is 1. The number of carbonyl (C=O) groups excluding carboxylic acids is 1. The van der Waals surface area contributed by atoms with E-state index in [2.05, 4.69) is 26.2 Å². The zero-order chi connectivity index (χ0) is 25.9. The van der Waals surface area contributed by atoms with Crippen LogP contribution in [0.1, 0.15) is 23.1 Å². The van der Waals surface area contributed by atoms with Crippen LogP contribution in [-0.2, 0) is 14.8 Å². The summed E-state index contributed by atoms with van der Waals surface area (Å²) in [6.07, 6.45) is 0.410. The van der Waals surface area contributed by atoms with Crippen molar-refractivity contribution in [1.29, 1.82) is 0 Å². The Kier molecular flexibility index (Phi) is 7.80. The van der Waals surface area contributed by atoms with Gasteiger partial charge < -0.3 is 10.1 Å². The minimum Gasteiger partial charge on any atom is -0.493 e. The Morgan fingerprint density at radius 2 is 1.75 bits per heavy atom. The second kappa shape index (κ2) is 10.8. The number of benzene rings is 3. The van der Waals surface area contributed by atoms with Gasteiger partial charge in [-0.15, -0.1) is 0 Å². The zero-order valence-corrected chi connectivity index (χ0v) is 22.8. The Morgan fingerprint density at radius 1 is 1.03 bits per heavy atom. The number of aliphatic imine (C=N–C) groups is 1. The summed E-state index contributed by atoms with van der Waals surface area (Å²) in [4.78, 5) is 16.8. The summed E-state index contributed by atoms with van der Waals surface area (Å²) in [7, 11) is -3.91. The van der Waals surface area contributed by atoms with E-state index in [0.717, 1.165) is 22.4 Å². The number of amidine groups is 1. The lowest BCUT2D eigenvalue weighted by Crippen LogP contribution is -2.47. The monoisotopic (exact) mass is 569 g/mol. The molecule has 36 heavy (non-hydrogen) atoms. The minimum atomic E-state index is -3.91. The standard InChI is InChI=1S/C27H28BrN3O4S/c1-18-13-14-23(20(3)17-18)35-16-8-15-31-26(29-22-11-6-7-12-24(22)36(31,33)34)25(28)27(32)30-21-10-5-4-9-19(21)2/h4-7,9-14,17,25H,8,15-16H2,1-3H3,(H,30,32). The predicted octanol–water partition coefficient (Wildman–Crippen LogP) is 5.52. The molecule has 3 aromatic carbocycles. The molecule has 1 unspecified atom stereocenters. The highest BCUT2D eigenvalue weighted by Gasteiger charge is 2.38. The van der Waals surface area contributed by atoms with Gasteiger partial charge in [-0.3, -0.25) is 9.10 Å². The molecule has 1 amide bonds. The topological polar surface area (TPSA) is 88.1 Å². The molecule has 1 atom stereocenters. The van der Waals surface area contributed by atoms with Crippen molar-refractivity contribution in [2.75, 3.05) is 18.5 Å². The molecule has 0 aliphatic carbocycles. The second-order valence-corrected chi connectivity index (χ2v) is 11.4. The Balaban J connectivity index is 1.56. The Bertz CT molecular complexity index is 1420. The van der Waals surface area contributed by atoms with Crippen molar-refractivity contribution in [3.63, 3.8) is 0 Å². The number of fused-ring (bicyclic) bond motifs is 1. The maximum Gasteiger partial charge on any atom is 0.267 e. The molecule has 0 fully saturated rings. The molecule has 0 spiro atoms. The lowest BCUT2D eigenvalue weighted by atomic mass is 10.1. The quantitative estimate of drug-likeness (QED) is 0.286. The maximum atomic E-state index is 13.6. The van der Waals surface area contributed by atoms with Gasteiger partial charge in [-0.2, -0.15) is 0 Å². The normalized spacial score (nSPS) is 15.0. The second-order valence-electron chi connectivity index (χ2n) is 8.65. The summed E-state index contributed by atoms with van der Waals surface area (Å²) in [5.41, 5.74) is 4.02. The van der Waals surface area contributed by atoms with E-state index in [4.69, 9.17) is 4.74 Å². The van der Waals surface area contributed by atoms with Gasteiger partial charge in [0.05, 0.1) is 12.3 Å². The van der Waals surface area contributed by atoms with E-state index in [1.165, 1.54) is 10.4 Å². The fourth-order valence-electron chi connectivity index (χ4n) is 3.98. The number of alkyl halides is 1. The van der Waals surface area contributed by atoms with Gasteiger partial charge in [-0.25, -0.2) is 13.4 Å². The van der Waals surface area contributed by atoms with Crippen molar-refractivity contribution >= 4 is 49.1 Å². The zero-order valence-electron chi connectivity index (χ0n) is 20.4. The minimum absolute atomic E-state index is 0.111. The molecular formula is C27H28BrN3O4S. The number of sulfonamides is 1. The molecule has 9 heteroatoms. The molecule has 3 aromatic rings. The highest BCUT2D eigenvalue weighted by Crippen LogP contribution is 2.34. The van der Waals surface area contributed by atoms with Crippen molar-refractivity contribution in [3.05, 3.63) is 83.4 Å². The van der Waals surface area contributed by atoms with Crippen LogP contribution in [-0.4, -0.2) is 42.4 Å². The molecule has 4 rings (SSSR count). The molecule has 1 aliphatic heterocycles. The number of para-hydroxylation sites is 2. The van der Waals surface area contributed by atoms with Gasteiger partial charge in [0, 0.05) is 18.7 Å². The van der Waals surface area contributed by atoms with Crippen LogP contribution in [0.15, 0.2) is 76.6 Å². The van der Waals surface area contributed by atoms with Gasteiger partial charge >= 0.3 is 0 Å². The first-order valence-electron chi connectivity index (χ1n) is 11.6. The third-order valence-electron chi connectivity index (χ3n) is 5.88. The van der Waals surface area contributed by atoms with E-state index in [1.54, 1.807) is 24.3 Å². The number of nitrogens with one attached hydrogen (secondary N) is 1. The van der Waals surface area contributed by atoms with E-state index in [1.807, 2.05) is 57.2 Å². The van der Waals surface area contributed by atoms with Crippen LogP contribution in [0.25, 0.3) is 0 Å². The van der Waals surface area contributed by atoms with Gasteiger partial charge in [-0.05, 0) is 56.2 Å². The fourth-order valence-corrected chi connectivity index (χ4v) is 6.21. The largest absolute Gasteiger partial charge is 0.493 e. The summed E-state index contributed by atoms with van der Waals surface area (Å²) in [5, 5.41) is 2.87. The first kappa shape index (κ1) is 25.9. The molecular weight excluding hydrogens is 542 g/mol. The predicted molar refractivity (Wildman–Crippen MR) is 146 cm³/mol. The Hall–Kier alpha value is -3.17. The molecule has 1 aliphatic rings. The molecule has 0 bridgehead atoms. The molecule has 7 nitrogen and oxygen atoms in total. The Morgan fingerprint density at radius 3 is 2.50 bits per heavy atom. The van der Waals surface area contributed by atoms with Gasteiger partial charge in [0.2, 0.25) is 5.91 Å². The summed E-state index contributed by atoms with van der Waals surface area (Å²) in [6.45, 7) is 6.30. The first-order chi connectivity index (χ1) is 17.2. The molecule has 1 N–H and O–H groups in total. The fraction of sp³-hybridized carbons (Fsp3) is 0.259. The van der Waals surface area contributed by atoms with Crippen LogP contribution in [0.5, 0.6) is 5.75 Å². The van der Waals surface area contributed by atoms with Crippen molar-refractivity contribution in [2.24, 2.45) is 4.99 Å². The van der Waals surface area contributed by atoms with Crippen molar-refractivity contribution in [1.82, 2.24) is 4.31 Å². The van der Waals surface area contributed by atoms with Gasteiger partial charge in [0.1, 0.15) is 16.5 Å². The lowest BCUT2D eigenvalue weighted by Gasteiger charge is -2.31. The number of hydrogen-bond acceptors (Lipinski definition) is 5. The number of anilines is 1. The molecule has 1 heterocycles. The first-order valence-corrected chi connectivity index (χ1v) is 13.9. The van der Waals surface area contributed by atoms with Crippen molar-refractivity contribution < 1.29 is 17.9 Å². The summed E-state index contributed by atoms with van der Waals surface area (Å²) in [6, 6.07) is 19.9. The number of halogens is 1. The van der Waals surface area contributed by atoms with E-state index in [0.29, 0.717) is 24.4 Å². The summed E-state index contributed by atoms with van der Waals surface area (Å²) < 4.78 is 34.2. The average Bonchev–Trinajstić information content (AvgIpc) is 2.84.